The molecule has 0 spiro atoms. The molecule has 0 saturated heterocycles. The lowest BCUT2D eigenvalue weighted by atomic mass is 10.3. The summed E-state index contributed by atoms with van der Waals surface area (Å²) in [6.45, 7) is 2.12. The number of ether oxygens (including phenoxy) is 2. The standard InChI is InChI=1S/C11H14BrFN2O2/c1-7(11(14)15)16-4-5-17-10-3-2-8(12)6-9(10)13/h2-3,6-7H,4-5H2,1H3,(H3,14,15). The lowest BCUT2D eigenvalue weighted by Gasteiger charge is -2.12. The highest BCUT2D eigenvalue weighted by atomic mass is 79.9. The molecule has 1 atom stereocenters. The van der Waals surface area contributed by atoms with Crippen LogP contribution in [0.25, 0.3) is 0 Å². The first-order valence-corrected chi connectivity index (χ1v) is 5.83. The van der Waals surface area contributed by atoms with E-state index in [9.17, 15) is 4.39 Å². The summed E-state index contributed by atoms with van der Waals surface area (Å²) in [4.78, 5) is 0. The van der Waals surface area contributed by atoms with Gasteiger partial charge in [-0.15, -0.1) is 0 Å². The molecular weight excluding hydrogens is 291 g/mol. The van der Waals surface area contributed by atoms with E-state index in [2.05, 4.69) is 15.9 Å². The van der Waals surface area contributed by atoms with Gasteiger partial charge in [-0.2, -0.15) is 0 Å². The molecule has 0 aliphatic heterocycles. The molecule has 6 heteroatoms. The molecule has 0 bridgehead atoms. The van der Waals surface area contributed by atoms with Gasteiger partial charge in [-0.1, -0.05) is 15.9 Å². The third kappa shape index (κ3) is 4.70. The number of nitrogens with two attached hydrogens (primary N) is 1. The van der Waals surface area contributed by atoms with Crippen molar-refractivity contribution in [3.8, 4) is 5.75 Å². The number of rotatable bonds is 6. The molecule has 17 heavy (non-hydrogen) atoms. The van der Waals surface area contributed by atoms with Gasteiger partial charge in [0, 0.05) is 4.47 Å². The predicted molar refractivity (Wildman–Crippen MR) is 66.9 cm³/mol. The number of hydrogen-bond acceptors (Lipinski definition) is 3. The molecule has 0 radical (unpaired) electrons. The van der Waals surface area contributed by atoms with Crippen molar-refractivity contribution in [3.05, 3.63) is 28.5 Å². The molecule has 1 unspecified atom stereocenters. The highest BCUT2D eigenvalue weighted by Gasteiger charge is 2.06. The maximum atomic E-state index is 13.3. The smallest absolute Gasteiger partial charge is 0.166 e. The van der Waals surface area contributed by atoms with Gasteiger partial charge in [0.05, 0.1) is 6.61 Å². The van der Waals surface area contributed by atoms with Crippen LogP contribution in [0, 0.1) is 11.2 Å². The first kappa shape index (κ1) is 13.9. The van der Waals surface area contributed by atoms with E-state index in [1.165, 1.54) is 12.1 Å². The summed E-state index contributed by atoms with van der Waals surface area (Å²) in [6.07, 6.45) is -0.451. The minimum Gasteiger partial charge on any atom is -0.488 e. The zero-order valence-corrected chi connectivity index (χ0v) is 11.0. The molecule has 1 rings (SSSR count). The highest BCUT2D eigenvalue weighted by molar-refractivity contribution is 9.10. The molecule has 0 saturated carbocycles. The van der Waals surface area contributed by atoms with E-state index < -0.39 is 11.9 Å². The van der Waals surface area contributed by atoms with Crippen LogP contribution in [0.1, 0.15) is 6.92 Å². The fourth-order valence-corrected chi connectivity index (χ4v) is 1.39. The average Bonchev–Trinajstić information content (AvgIpc) is 2.26. The summed E-state index contributed by atoms with van der Waals surface area (Å²) in [5, 5.41) is 7.10. The Morgan fingerprint density at radius 3 is 2.82 bits per heavy atom. The molecule has 1 aromatic carbocycles. The minimum absolute atomic E-state index is 0.0418. The van der Waals surface area contributed by atoms with Crippen molar-refractivity contribution < 1.29 is 13.9 Å². The summed E-state index contributed by atoms with van der Waals surface area (Å²) in [6, 6.07) is 4.56. The summed E-state index contributed by atoms with van der Waals surface area (Å²) in [5.74, 6) is -0.300. The van der Waals surface area contributed by atoms with Gasteiger partial charge in [0.1, 0.15) is 18.5 Å². The number of benzene rings is 1. The Morgan fingerprint density at radius 2 is 2.24 bits per heavy atom. The lowest BCUT2D eigenvalue weighted by molar-refractivity contribution is 0.0782. The van der Waals surface area contributed by atoms with Crippen LogP contribution >= 0.6 is 15.9 Å². The van der Waals surface area contributed by atoms with Gasteiger partial charge in [0.15, 0.2) is 11.6 Å². The second kappa shape index (κ2) is 6.56. The van der Waals surface area contributed by atoms with Crippen molar-refractivity contribution in [2.75, 3.05) is 13.2 Å². The Morgan fingerprint density at radius 1 is 1.53 bits per heavy atom. The molecule has 0 heterocycles. The highest BCUT2D eigenvalue weighted by Crippen LogP contribution is 2.21. The van der Waals surface area contributed by atoms with Gasteiger partial charge in [-0.05, 0) is 25.1 Å². The van der Waals surface area contributed by atoms with E-state index in [0.29, 0.717) is 4.47 Å². The number of nitrogens with one attached hydrogen (secondary N) is 1. The molecule has 0 aliphatic carbocycles. The van der Waals surface area contributed by atoms with Crippen molar-refractivity contribution in [3.63, 3.8) is 0 Å². The van der Waals surface area contributed by atoms with Crippen molar-refractivity contribution in [1.29, 1.82) is 5.41 Å². The Balaban J connectivity index is 2.34. The van der Waals surface area contributed by atoms with Crippen LogP contribution in [0.2, 0.25) is 0 Å². The van der Waals surface area contributed by atoms with Crippen LogP contribution < -0.4 is 10.5 Å². The van der Waals surface area contributed by atoms with Gasteiger partial charge >= 0.3 is 0 Å². The Labute approximate surface area is 108 Å². The Hall–Kier alpha value is -1.14. The Bertz CT molecular complexity index is 401. The van der Waals surface area contributed by atoms with E-state index in [-0.39, 0.29) is 24.8 Å². The SMILES string of the molecule is CC(OCCOc1ccc(Br)cc1F)C(=N)N. The molecule has 0 amide bonds. The van der Waals surface area contributed by atoms with Crippen LogP contribution in [0.4, 0.5) is 4.39 Å². The summed E-state index contributed by atoms with van der Waals surface area (Å²) in [5.41, 5.74) is 5.22. The molecular formula is C11H14BrFN2O2. The van der Waals surface area contributed by atoms with Gasteiger partial charge in [0.2, 0.25) is 0 Å². The molecule has 0 aromatic heterocycles. The quantitative estimate of drug-likeness (QED) is 0.481. The van der Waals surface area contributed by atoms with Gasteiger partial charge < -0.3 is 15.2 Å². The third-order valence-corrected chi connectivity index (χ3v) is 2.53. The van der Waals surface area contributed by atoms with Gasteiger partial charge in [-0.25, -0.2) is 4.39 Å². The second-order valence-electron chi connectivity index (χ2n) is 3.39. The maximum absolute atomic E-state index is 13.3. The first-order valence-electron chi connectivity index (χ1n) is 5.04. The van der Waals surface area contributed by atoms with E-state index in [1.807, 2.05) is 0 Å². The van der Waals surface area contributed by atoms with Crippen LogP contribution in [-0.2, 0) is 4.74 Å². The molecule has 1 aromatic rings. The van der Waals surface area contributed by atoms with E-state index in [1.54, 1.807) is 13.0 Å². The van der Waals surface area contributed by atoms with Gasteiger partial charge in [0.25, 0.3) is 0 Å². The topological polar surface area (TPSA) is 68.3 Å². The van der Waals surface area contributed by atoms with Crippen LogP contribution in [0.5, 0.6) is 5.75 Å². The Kier molecular flexibility index (Phi) is 5.37. The third-order valence-electron chi connectivity index (χ3n) is 2.04. The van der Waals surface area contributed by atoms with Crippen molar-refractivity contribution in [1.82, 2.24) is 0 Å². The molecule has 0 aliphatic rings. The lowest BCUT2D eigenvalue weighted by Crippen LogP contribution is -2.29. The normalized spacial score (nSPS) is 12.2. The summed E-state index contributed by atoms with van der Waals surface area (Å²) < 4.78 is 24.3. The monoisotopic (exact) mass is 304 g/mol. The minimum atomic E-state index is -0.451. The van der Waals surface area contributed by atoms with E-state index >= 15 is 0 Å². The average molecular weight is 305 g/mol. The largest absolute Gasteiger partial charge is 0.488 e. The van der Waals surface area contributed by atoms with Crippen molar-refractivity contribution >= 4 is 21.8 Å². The fourth-order valence-electron chi connectivity index (χ4n) is 1.06. The van der Waals surface area contributed by atoms with Crippen LogP contribution in [0.15, 0.2) is 22.7 Å². The van der Waals surface area contributed by atoms with Crippen molar-refractivity contribution in [2.24, 2.45) is 5.73 Å². The maximum Gasteiger partial charge on any atom is 0.166 e. The number of amidine groups is 1. The van der Waals surface area contributed by atoms with E-state index in [0.717, 1.165) is 0 Å². The predicted octanol–water partition coefficient (Wildman–Crippen LogP) is 2.31. The zero-order valence-electron chi connectivity index (χ0n) is 9.37. The molecule has 94 valence electrons. The molecule has 0 fully saturated rings. The molecule has 4 nitrogen and oxygen atoms in total. The number of halogens is 2. The zero-order chi connectivity index (χ0) is 12.8. The van der Waals surface area contributed by atoms with Crippen LogP contribution in [-0.4, -0.2) is 25.2 Å². The van der Waals surface area contributed by atoms with Crippen LogP contribution in [0.3, 0.4) is 0 Å². The van der Waals surface area contributed by atoms with E-state index in [4.69, 9.17) is 20.6 Å². The summed E-state index contributed by atoms with van der Waals surface area (Å²) >= 11 is 3.16. The first-order chi connectivity index (χ1) is 8.00. The van der Waals surface area contributed by atoms with Gasteiger partial charge in [-0.3, -0.25) is 5.41 Å². The molecule has 3 N–H and O–H groups in total. The summed E-state index contributed by atoms with van der Waals surface area (Å²) in [7, 11) is 0. The fraction of sp³-hybridized carbons (Fsp3) is 0.364. The van der Waals surface area contributed by atoms with Crippen molar-refractivity contribution in [2.45, 2.75) is 13.0 Å². The number of hydrogen-bond donors (Lipinski definition) is 2. The second-order valence-corrected chi connectivity index (χ2v) is 4.31.